The van der Waals surface area contributed by atoms with Gasteiger partial charge in [-0.05, 0) is 37.1 Å². The highest BCUT2D eigenvalue weighted by molar-refractivity contribution is 9.10. The summed E-state index contributed by atoms with van der Waals surface area (Å²) in [4.78, 5) is 0. The monoisotopic (exact) mass is 319 g/mol. The lowest BCUT2D eigenvalue weighted by Crippen LogP contribution is -2.26. The molecular weight excluding hydrogens is 305 g/mol. The van der Waals surface area contributed by atoms with Gasteiger partial charge in [-0.15, -0.1) is 12.4 Å². The van der Waals surface area contributed by atoms with Crippen molar-refractivity contribution in [2.24, 2.45) is 0 Å². The number of nitrogens with one attached hydrogen (secondary N) is 1. The van der Waals surface area contributed by atoms with Crippen LogP contribution in [0.2, 0.25) is 0 Å². The third kappa shape index (κ3) is 2.54. The van der Waals surface area contributed by atoms with Crippen molar-refractivity contribution in [2.75, 3.05) is 13.3 Å². The van der Waals surface area contributed by atoms with Gasteiger partial charge in [0.1, 0.15) is 0 Å². The van der Waals surface area contributed by atoms with Crippen LogP contribution in [0, 0.1) is 0 Å². The van der Waals surface area contributed by atoms with Gasteiger partial charge in [-0.1, -0.05) is 22.4 Å². The molecule has 0 spiro atoms. The Balaban J connectivity index is 0.00000108. The highest BCUT2D eigenvalue weighted by atomic mass is 79.9. The molecule has 2 heterocycles. The number of halogens is 2. The normalized spacial score (nSPS) is 22.1. The summed E-state index contributed by atoms with van der Waals surface area (Å²) in [7, 11) is 0. The van der Waals surface area contributed by atoms with E-state index in [0.717, 1.165) is 22.5 Å². The van der Waals surface area contributed by atoms with E-state index in [1.165, 1.54) is 24.8 Å². The average molecular weight is 321 g/mol. The maximum atomic E-state index is 5.41. The van der Waals surface area contributed by atoms with Crippen molar-refractivity contribution in [3.05, 3.63) is 22.2 Å². The molecule has 0 unspecified atom stereocenters. The van der Waals surface area contributed by atoms with E-state index in [-0.39, 0.29) is 12.4 Å². The molecule has 2 aliphatic rings. The van der Waals surface area contributed by atoms with Crippen LogP contribution in [-0.2, 0) is 0 Å². The highest BCUT2D eigenvalue weighted by Crippen LogP contribution is 2.40. The number of fused-ring (bicyclic) bond motifs is 1. The van der Waals surface area contributed by atoms with Crippen LogP contribution in [0.4, 0.5) is 0 Å². The van der Waals surface area contributed by atoms with Gasteiger partial charge in [-0.2, -0.15) is 0 Å². The van der Waals surface area contributed by atoms with Gasteiger partial charge in [0, 0.05) is 10.5 Å². The summed E-state index contributed by atoms with van der Waals surface area (Å²) in [5.74, 6) is 1.71. The zero-order valence-electron chi connectivity index (χ0n) is 9.37. The first-order valence-electron chi connectivity index (χ1n) is 5.67. The fraction of sp³-hybridized carbons (Fsp3) is 0.500. The van der Waals surface area contributed by atoms with E-state index >= 15 is 0 Å². The van der Waals surface area contributed by atoms with Gasteiger partial charge in [-0.3, -0.25) is 0 Å². The molecule has 1 saturated heterocycles. The molecule has 0 aliphatic carbocycles. The second-order valence-corrected chi connectivity index (χ2v) is 5.08. The maximum absolute atomic E-state index is 5.41. The van der Waals surface area contributed by atoms with E-state index in [0.29, 0.717) is 12.8 Å². The Morgan fingerprint density at radius 1 is 1.18 bits per heavy atom. The Kier molecular flexibility index (Phi) is 4.17. The average Bonchev–Trinajstić information content (AvgIpc) is 2.76. The van der Waals surface area contributed by atoms with Crippen molar-refractivity contribution in [2.45, 2.75) is 25.3 Å². The zero-order chi connectivity index (χ0) is 11.0. The Hall–Kier alpha value is -0.450. The molecule has 1 fully saturated rings. The number of hydrogen-bond donors (Lipinski definition) is 1. The van der Waals surface area contributed by atoms with Gasteiger partial charge in [0.2, 0.25) is 6.79 Å². The van der Waals surface area contributed by atoms with Gasteiger partial charge in [0.15, 0.2) is 11.5 Å². The zero-order valence-corrected chi connectivity index (χ0v) is 11.8. The predicted molar refractivity (Wildman–Crippen MR) is 72.1 cm³/mol. The van der Waals surface area contributed by atoms with Crippen LogP contribution >= 0.6 is 28.3 Å². The minimum absolute atomic E-state index is 0. The van der Waals surface area contributed by atoms with Crippen LogP contribution < -0.4 is 14.8 Å². The van der Waals surface area contributed by atoms with Crippen LogP contribution in [0.5, 0.6) is 11.5 Å². The SMILES string of the molecule is Brc1cc2c(cc1[C@@H]1CCCCN1)OCO2.Cl. The van der Waals surface area contributed by atoms with Crippen molar-refractivity contribution >= 4 is 28.3 Å². The molecule has 3 rings (SSSR count). The van der Waals surface area contributed by atoms with Crippen molar-refractivity contribution in [1.29, 1.82) is 0 Å². The van der Waals surface area contributed by atoms with Gasteiger partial charge < -0.3 is 14.8 Å². The van der Waals surface area contributed by atoms with Crippen molar-refractivity contribution in [3.8, 4) is 11.5 Å². The highest BCUT2D eigenvalue weighted by Gasteiger charge is 2.22. The number of hydrogen-bond acceptors (Lipinski definition) is 3. The third-order valence-electron chi connectivity index (χ3n) is 3.18. The molecule has 0 aromatic heterocycles. The fourth-order valence-corrected chi connectivity index (χ4v) is 2.92. The van der Waals surface area contributed by atoms with E-state index in [2.05, 4.69) is 27.3 Å². The predicted octanol–water partition coefficient (Wildman–Crippen LogP) is 3.41. The molecule has 1 aromatic rings. The van der Waals surface area contributed by atoms with E-state index in [1.807, 2.05) is 6.07 Å². The van der Waals surface area contributed by atoms with Crippen molar-refractivity contribution < 1.29 is 9.47 Å². The fourth-order valence-electron chi connectivity index (χ4n) is 2.32. The van der Waals surface area contributed by atoms with Crippen molar-refractivity contribution in [1.82, 2.24) is 5.32 Å². The summed E-state index contributed by atoms with van der Waals surface area (Å²) in [6.07, 6.45) is 3.76. The first-order valence-corrected chi connectivity index (χ1v) is 6.46. The summed E-state index contributed by atoms with van der Waals surface area (Å²) in [5, 5.41) is 3.54. The van der Waals surface area contributed by atoms with Crippen molar-refractivity contribution in [3.63, 3.8) is 0 Å². The minimum atomic E-state index is 0. The van der Waals surface area contributed by atoms with E-state index in [9.17, 15) is 0 Å². The van der Waals surface area contributed by atoms with Gasteiger partial charge in [0.25, 0.3) is 0 Å². The molecule has 0 amide bonds. The molecule has 2 aliphatic heterocycles. The van der Waals surface area contributed by atoms with Crippen LogP contribution in [0.3, 0.4) is 0 Å². The third-order valence-corrected chi connectivity index (χ3v) is 3.86. The second-order valence-electron chi connectivity index (χ2n) is 4.23. The molecule has 5 heteroatoms. The second kappa shape index (κ2) is 5.46. The summed E-state index contributed by atoms with van der Waals surface area (Å²) in [6.45, 7) is 1.44. The minimum Gasteiger partial charge on any atom is -0.454 e. The number of ether oxygens (including phenoxy) is 2. The molecule has 17 heavy (non-hydrogen) atoms. The molecule has 1 N–H and O–H groups in total. The van der Waals surface area contributed by atoms with Gasteiger partial charge >= 0.3 is 0 Å². The molecule has 0 bridgehead atoms. The van der Waals surface area contributed by atoms with Gasteiger partial charge in [0.05, 0.1) is 0 Å². The topological polar surface area (TPSA) is 30.5 Å². The van der Waals surface area contributed by atoms with E-state index < -0.39 is 0 Å². The first kappa shape index (κ1) is 13.0. The number of piperidine rings is 1. The van der Waals surface area contributed by atoms with Crippen LogP contribution in [0.15, 0.2) is 16.6 Å². The Morgan fingerprint density at radius 2 is 1.94 bits per heavy atom. The maximum Gasteiger partial charge on any atom is 0.231 e. The van der Waals surface area contributed by atoms with Crippen LogP contribution in [0.25, 0.3) is 0 Å². The van der Waals surface area contributed by atoms with Crippen LogP contribution in [0.1, 0.15) is 30.9 Å². The molecule has 3 nitrogen and oxygen atoms in total. The summed E-state index contributed by atoms with van der Waals surface area (Å²) >= 11 is 3.61. The van der Waals surface area contributed by atoms with Gasteiger partial charge in [-0.25, -0.2) is 0 Å². The smallest absolute Gasteiger partial charge is 0.231 e. The quantitative estimate of drug-likeness (QED) is 0.860. The van der Waals surface area contributed by atoms with Crippen LogP contribution in [-0.4, -0.2) is 13.3 Å². The van der Waals surface area contributed by atoms with E-state index in [1.54, 1.807) is 0 Å². The molecule has 0 radical (unpaired) electrons. The number of rotatable bonds is 1. The summed E-state index contributed by atoms with van der Waals surface area (Å²) < 4.78 is 11.9. The Bertz CT molecular complexity index is 408. The lowest BCUT2D eigenvalue weighted by Gasteiger charge is -2.24. The molecule has 94 valence electrons. The van der Waals surface area contributed by atoms with E-state index in [4.69, 9.17) is 9.47 Å². The molecule has 1 atom stereocenters. The largest absolute Gasteiger partial charge is 0.454 e. The Labute approximate surface area is 115 Å². The Morgan fingerprint density at radius 3 is 2.65 bits per heavy atom. The first-order chi connectivity index (χ1) is 7.84. The molecule has 1 aromatic carbocycles. The molecular formula is C12H15BrClNO2. The number of benzene rings is 1. The summed E-state index contributed by atoms with van der Waals surface area (Å²) in [6, 6.07) is 4.54. The lowest BCUT2D eigenvalue weighted by molar-refractivity contribution is 0.174. The standard InChI is InChI=1S/C12H14BrNO2.ClH/c13-9-6-12-11(15-7-16-12)5-8(9)10-3-1-2-4-14-10;/h5-6,10,14H,1-4,7H2;1H/t10-;/m0./s1. The summed E-state index contributed by atoms with van der Waals surface area (Å²) in [5.41, 5.74) is 1.28. The molecule has 0 saturated carbocycles. The lowest BCUT2D eigenvalue weighted by atomic mass is 9.97.